The van der Waals surface area contributed by atoms with Crippen LogP contribution in [0.4, 0.5) is 10.1 Å². The average molecular weight is 394 g/mol. The van der Waals surface area contributed by atoms with Gasteiger partial charge in [-0.2, -0.15) is 4.98 Å². The number of hydrogen-bond acceptors (Lipinski definition) is 5. The first-order valence-electron chi connectivity index (χ1n) is 9.76. The fraction of sp³-hybridized carbons (Fsp3) is 0.318. The number of halogens is 1. The fourth-order valence-corrected chi connectivity index (χ4v) is 3.51. The van der Waals surface area contributed by atoms with Gasteiger partial charge >= 0.3 is 0 Å². The number of amides is 1. The number of rotatable bonds is 5. The Kier molecular flexibility index (Phi) is 5.55. The number of nitrogens with zero attached hydrogens (tertiary/aromatic N) is 4. The highest BCUT2D eigenvalue weighted by Crippen LogP contribution is 2.19. The normalized spacial score (nSPS) is 14.3. The summed E-state index contributed by atoms with van der Waals surface area (Å²) in [6, 6.07) is 14.5. The molecule has 0 spiro atoms. The zero-order valence-electron chi connectivity index (χ0n) is 16.3. The van der Waals surface area contributed by atoms with Gasteiger partial charge in [0, 0.05) is 50.3 Å². The summed E-state index contributed by atoms with van der Waals surface area (Å²) < 4.78 is 18.6. The Morgan fingerprint density at radius 2 is 1.90 bits per heavy atom. The Labute approximate surface area is 168 Å². The lowest BCUT2D eigenvalue weighted by Gasteiger charge is -2.36. The van der Waals surface area contributed by atoms with Crippen LogP contribution in [0.15, 0.2) is 53.1 Å². The number of aromatic nitrogens is 2. The molecule has 0 N–H and O–H groups in total. The molecule has 150 valence electrons. The van der Waals surface area contributed by atoms with E-state index in [2.05, 4.69) is 46.2 Å². The highest BCUT2D eigenvalue weighted by Gasteiger charge is 2.22. The molecule has 1 aliphatic heterocycles. The van der Waals surface area contributed by atoms with Crippen LogP contribution in [0.5, 0.6) is 0 Å². The van der Waals surface area contributed by atoms with Crippen molar-refractivity contribution in [1.29, 1.82) is 0 Å². The van der Waals surface area contributed by atoms with Crippen molar-refractivity contribution in [1.82, 2.24) is 15.0 Å². The maximum absolute atomic E-state index is 13.3. The molecular formula is C22H23FN4O2. The minimum absolute atomic E-state index is 0.0828. The van der Waals surface area contributed by atoms with Crippen LogP contribution < -0.4 is 4.90 Å². The highest BCUT2D eigenvalue weighted by molar-refractivity contribution is 5.76. The van der Waals surface area contributed by atoms with Crippen LogP contribution in [0.1, 0.15) is 17.9 Å². The summed E-state index contributed by atoms with van der Waals surface area (Å²) in [4.78, 5) is 21.0. The minimum Gasteiger partial charge on any atom is -0.368 e. The first-order valence-corrected chi connectivity index (χ1v) is 9.76. The largest absolute Gasteiger partial charge is 0.368 e. The maximum atomic E-state index is 13.3. The van der Waals surface area contributed by atoms with Crippen molar-refractivity contribution in [2.24, 2.45) is 0 Å². The topological polar surface area (TPSA) is 62.5 Å². The van der Waals surface area contributed by atoms with Crippen molar-refractivity contribution < 1.29 is 13.7 Å². The van der Waals surface area contributed by atoms with Crippen molar-refractivity contribution in [3.05, 3.63) is 65.8 Å². The Bertz CT molecular complexity index is 996. The molecule has 3 aromatic rings. The average Bonchev–Trinajstić information content (AvgIpc) is 3.21. The third kappa shape index (κ3) is 4.62. The van der Waals surface area contributed by atoms with Gasteiger partial charge in [-0.3, -0.25) is 4.79 Å². The third-order valence-electron chi connectivity index (χ3n) is 5.10. The summed E-state index contributed by atoms with van der Waals surface area (Å²) in [6.07, 6.45) is 0.689. The summed E-state index contributed by atoms with van der Waals surface area (Å²) in [5, 5.41) is 3.88. The highest BCUT2D eigenvalue weighted by atomic mass is 19.1. The van der Waals surface area contributed by atoms with Crippen molar-refractivity contribution in [2.45, 2.75) is 19.8 Å². The Morgan fingerprint density at radius 1 is 1.10 bits per heavy atom. The fourth-order valence-electron chi connectivity index (χ4n) is 3.51. The van der Waals surface area contributed by atoms with Crippen molar-refractivity contribution in [2.75, 3.05) is 31.1 Å². The van der Waals surface area contributed by atoms with E-state index in [1.54, 1.807) is 12.1 Å². The maximum Gasteiger partial charge on any atom is 0.227 e. The number of anilines is 1. The van der Waals surface area contributed by atoms with Gasteiger partial charge < -0.3 is 14.3 Å². The van der Waals surface area contributed by atoms with E-state index in [4.69, 9.17) is 4.52 Å². The standard InChI is InChI=1S/C22H23FN4O2/c1-16-4-2-7-19(14-16)26-10-12-27(13-11-26)21(28)9-8-20-24-22(25-29-20)17-5-3-6-18(23)15-17/h2-7,14-15H,8-13H2,1H3. The lowest BCUT2D eigenvalue weighted by molar-refractivity contribution is -0.131. The van der Waals surface area contributed by atoms with Crippen molar-refractivity contribution in [3.8, 4) is 11.4 Å². The van der Waals surface area contributed by atoms with Crippen LogP contribution >= 0.6 is 0 Å². The van der Waals surface area contributed by atoms with E-state index >= 15 is 0 Å². The molecule has 7 heteroatoms. The summed E-state index contributed by atoms with van der Waals surface area (Å²) in [7, 11) is 0. The Hall–Kier alpha value is -3.22. The molecule has 0 radical (unpaired) electrons. The van der Waals surface area contributed by atoms with E-state index in [1.165, 1.54) is 23.4 Å². The summed E-state index contributed by atoms with van der Waals surface area (Å²) >= 11 is 0. The Morgan fingerprint density at radius 3 is 2.66 bits per heavy atom. The second-order valence-corrected chi connectivity index (χ2v) is 7.23. The molecule has 1 amide bonds. The van der Waals surface area contributed by atoms with Gasteiger partial charge in [-0.15, -0.1) is 0 Å². The van der Waals surface area contributed by atoms with Gasteiger partial charge in [0.05, 0.1) is 0 Å². The second-order valence-electron chi connectivity index (χ2n) is 7.23. The van der Waals surface area contributed by atoms with Gasteiger partial charge in [-0.05, 0) is 36.8 Å². The number of carbonyl (C=O) groups excluding carboxylic acids is 1. The summed E-state index contributed by atoms with van der Waals surface area (Å²) in [5.74, 6) is 0.447. The number of piperazine rings is 1. The third-order valence-corrected chi connectivity index (χ3v) is 5.10. The van der Waals surface area contributed by atoms with Crippen LogP contribution in [0.2, 0.25) is 0 Å². The molecule has 0 aliphatic carbocycles. The number of aryl methyl sites for hydroxylation is 2. The Balaban J connectivity index is 1.29. The number of benzene rings is 2. The van der Waals surface area contributed by atoms with Crippen LogP contribution in [-0.4, -0.2) is 47.1 Å². The van der Waals surface area contributed by atoms with Crippen molar-refractivity contribution >= 4 is 11.6 Å². The van der Waals surface area contributed by atoms with Crippen LogP contribution in [0.3, 0.4) is 0 Å². The molecule has 0 bridgehead atoms. The van der Waals surface area contributed by atoms with Gasteiger partial charge in [-0.25, -0.2) is 4.39 Å². The van der Waals surface area contributed by atoms with E-state index in [9.17, 15) is 9.18 Å². The van der Waals surface area contributed by atoms with Crippen LogP contribution in [0, 0.1) is 12.7 Å². The predicted molar refractivity (Wildman–Crippen MR) is 108 cm³/mol. The monoisotopic (exact) mass is 394 g/mol. The van der Waals surface area contributed by atoms with E-state index in [0.29, 0.717) is 43.2 Å². The first-order chi connectivity index (χ1) is 14.1. The molecule has 0 unspecified atom stereocenters. The number of carbonyl (C=O) groups is 1. The van der Waals surface area contributed by atoms with E-state index in [0.717, 1.165) is 13.1 Å². The van der Waals surface area contributed by atoms with Gasteiger partial charge in [0.2, 0.25) is 17.6 Å². The smallest absolute Gasteiger partial charge is 0.227 e. The van der Waals surface area contributed by atoms with Crippen molar-refractivity contribution in [3.63, 3.8) is 0 Å². The van der Waals surface area contributed by atoms with Gasteiger partial charge in [0.15, 0.2) is 0 Å². The lowest BCUT2D eigenvalue weighted by Crippen LogP contribution is -2.48. The molecule has 6 nitrogen and oxygen atoms in total. The molecule has 1 saturated heterocycles. The SMILES string of the molecule is Cc1cccc(N2CCN(C(=O)CCc3nc(-c4cccc(F)c4)no3)CC2)c1. The zero-order valence-corrected chi connectivity index (χ0v) is 16.3. The van der Waals surface area contributed by atoms with Gasteiger partial charge in [0.25, 0.3) is 0 Å². The van der Waals surface area contributed by atoms with Crippen LogP contribution in [0.25, 0.3) is 11.4 Å². The predicted octanol–water partition coefficient (Wildman–Crippen LogP) is 3.47. The van der Waals surface area contributed by atoms with Crippen LogP contribution in [-0.2, 0) is 11.2 Å². The molecular weight excluding hydrogens is 371 g/mol. The number of hydrogen-bond donors (Lipinski definition) is 0. The molecule has 0 atom stereocenters. The molecule has 1 fully saturated rings. The lowest BCUT2D eigenvalue weighted by atomic mass is 10.2. The van der Waals surface area contributed by atoms with E-state index in [1.807, 2.05) is 4.90 Å². The zero-order chi connectivity index (χ0) is 20.2. The van der Waals surface area contributed by atoms with E-state index in [-0.39, 0.29) is 11.7 Å². The molecule has 2 aromatic carbocycles. The first kappa shape index (κ1) is 19.1. The molecule has 1 aliphatic rings. The molecule has 2 heterocycles. The summed E-state index contributed by atoms with van der Waals surface area (Å²) in [6.45, 7) is 5.12. The molecule has 1 aromatic heterocycles. The molecule has 29 heavy (non-hydrogen) atoms. The second kappa shape index (κ2) is 8.43. The minimum atomic E-state index is -0.353. The quantitative estimate of drug-likeness (QED) is 0.663. The van der Waals surface area contributed by atoms with Gasteiger partial charge in [0.1, 0.15) is 5.82 Å². The molecule has 0 saturated carbocycles. The summed E-state index contributed by atoms with van der Waals surface area (Å²) in [5.41, 5.74) is 2.99. The van der Waals surface area contributed by atoms with Gasteiger partial charge in [-0.1, -0.05) is 29.4 Å². The molecule has 4 rings (SSSR count). The van der Waals surface area contributed by atoms with E-state index < -0.39 is 0 Å².